The molecule has 1 saturated heterocycles. The zero-order valence-corrected chi connectivity index (χ0v) is 11.2. The van der Waals surface area contributed by atoms with E-state index in [-0.39, 0.29) is 0 Å². The summed E-state index contributed by atoms with van der Waals surface area (Å²) >= 11 is 2.02. The van der Waals surface area contributed by atoms with Gasteiger partial charge in [-0.15, -0.1) is 0 Å². The number of nitrogens with one attached hydrogen (secondary N) is 1. The second-order valence-corrected chi connectivity index (χ2v) is 6.28. The Kier molecular flexibility index (Phi) is 3.08. The lowest BCUT2D eigenvalue weighted by molar-refractivity contribution is 0.481. The van der Waals surface area contributed by atoms with Gasteiger partial charge >= 0.3 is 0 Å². The van der Waals surface area contributed by atoms with E-state index in [0.29, 0.717) is 17.0 Å². The number of phenols is 1. The summed E-state index contributed by atoms with van der Waals surface area (Å²) in [7, 11) is 0. The van der Waals surface area contributed by atoms with Crippen molar-refractivity contribution in [3.05, 3.63) is 36.4 Å². The Morgan fingerprint density at radius 3 is 2.72 bits per heavy atom. The van der Waals surface area contributed by atoms with Gasteiger partial charge in [0.2, 0.25) is 0 Å². The monoisotopic (exact) mass is 259 g/mol. The molecule has 0 saturated carbocycles. The second-order valence-electron chi connectivity index (χ2n) is 4.79. The molecule has 94 valence electrons. The molecule has 0 amide bonds. The molecule has 3 rings (SSSR count). The lowest BCUT2D eigenvalue weighted by Crippen LogP contribution is -2.24. The Bertz CT molecular complexity index is 569. The summed E-state index contributed by atoms with van der Waals surface area (Å²) in [4.78, 5) is 0. The van der Waals surface area contributed by atoms with Crippen molar-refractivity contribution in [1.82, 2.24) is 0 Å². The quantitative estimate of drug-likeness (QED) is 0.859. The fourth-order valence-electron chi connectivity index (χ4n) is 2.54. The average molecular weight is 259 g/mol. The Balaban J connectivity index is 1.99. The van der Waals surface area contributed by atoms with Gasteiger partial charge in [-0.3, -0.25) is 0 Å². The van der Waals surface area contributed by atoms with Crippen LogP contribution < -0.4 is 5.32 Å². The Hall–Kier alpha value is -1.35. The molecule has 2 nitrogen and oxygen atoms in total. The van der Waals surface area contributed by atoms with Crippen LogP contribution in [0.1, 0.15) is 13.3 Å². The lowest BCUT2D eigenvalue weighted by Gasteiger charge is -2.19. The molecule has 1 fully saturated rings. The standard InChI is InChI=1S/C15H17NOS/c1-10-13(8-9-18-10)16-14-6-2-5-12-11(14)4-3-7-15(12)17/h2-7,10,13,16-17H,8-9H2,1H3. The number of rotatable bonds is 2. The van der Waals surface area contributed by atoms with Gasteiger partial charge in [0, 0.05) is 27.8 Å². The molecule has 2 unspecified atom stereocenters. The van der Waals surface area contributed by atoms with E-state index in [9.17, 15) is 5.11 Å². The topological polar surface area (TPSA) is 32.3 Å². The number of thioether (sulfide) groups is 1. The van der Waals surface area contributed by atoms with Crippen molar-refractivity contribution >= 4 is 28.2 Å². The van der Waals surface area contributed by atoms with E-state index in [1.807, 2.05) is 30.0 Å². The molecule has 2 N–H and O–H groups in total. The molecule has 3 heteroatoms. The molecule has 2 aromatic rings. The van der Waals surface area contributed by atoms with Gasteiger partial charge in [-0.05, 0) is 24.3 Å². The zero-order chi connectivity index (χ0) is 12.5. The first-order chi connectivity index (χ1) is 8.75. The summed E-state index contributed by atoms with van der Waals surface area (Å²) < 4.78 is 0. The number of fused-ring (bicyclic) bond motifs is 1. The molecule has 0 aliphatic carbocycles. The summed E-state index contributed by atoms with van der Waals surface area (Å²) in [6, 6.07) is 12.3. The number of benzene rings is 2. The van der Waals surface area contributed by atoms with E-state index in [4.69, 9.17) is 0 Å². The van der Waals surface area contributed by atoms with Crippen molar-refractivity contribution < 1.29 is 5.11 Å². The fourth-order valence-corrected chi connectivity index (χ4v) is 3.74. The highest BCUT2D eigenvalue weighted by atomic mass is 32.2. The molecule has 1 heterocycles. The minimum Gasteiger partial charge on any atom is -0.507 e. The van der Waals surface area contributed by atoms with Crippen LogP contribution in [0.4, 0.5) is 5.69 Å². The summed E-state index contributed by atoms with van der Waals surface area (Å²) in [5.74, 6) is 1.58. The summed E-state index contributed by atoms with van der Waals surface area (Å²) in [5, 5.41) is 16.2. The van der Waals surface area contributed by atoms with Crippen LogP contribution in [0.5, 0.6) is 5.75 Å². The summed E-state index contributed by atoms with van der Waals surface area (Å²) in [6.07, 6.45) is 1.21. The van der Waals surface area contributed by atoms with E-state index in [2.05, 4.69) is 24.4 Å². The molecule has 0 spiro atoms. The van der Waals surface area contributed by atoms with Crippen LogP contribution in [-0.4, -0.2) is 22.2 Å². The zero-order valence-electron chi connectivity index (χ0n) is 10.4. The highest BCUT2D eigenvalue weighted by molar-refractivity contribution is 8.00. The predicted octanol–water partition coefficient (Wildman–Crippen LogP) is 3.85. The predicted molar refractivity (Wildman–Crippen MR) is 79.6 cm³/mol. The van der Waals surface area contributed by atoms with E-state index >= 15 is 0 Å². The number of hydrogen-bond donors (Lipinski definition) is 2. The van der Waals surface area contributed by atoms with Crippen LogP contribution in [0.25, 0.3) is 10.8 Å². The van der Waals surface area contributed by atoms with Crippen molar-refractivity contribution in [3.8, 4) is 5.75 Å². The van der Waals surface area contributed by atoms with Gasteiger partial charge in [0.05, 0.1) is 0 Å². The van der Waals surface area contributed by atoms with Gasteiger partial charge in [0.15, 0.2) is 0 Å². The molecule has 2 aromatic carbocycles. The van der Waals surface area contributed by atoms with Gasteiger partial charge < -0.3 is 10.4 Å². The smallest absolute Gasteiger partial charge is 0.123 e. The van der Waals surface area contributed by atoms with Crippen LogP contribution in [0, 0.1) is 0 Å². The third kappa shape index (κ3) is 2.03. The first-order valence-corrected chi connectivity index (χ1v) is 7.39. The molecular weight excluding hydrogens is 242 g/mol. The maximum Gasteiger partial charge on any atom is 0.123 e. The van der Waals surface area contributed by atoms with Crippen molar-refractivity contribution in [2.75, 3.05) is 11.1 Å². The Morgan fingerprint density at radius 1 is 1.17 bits per heavy atom. The van der Waals surface area contributed by atoms with Crippen LogP contribution in [0.15, 0.2) is 36.4 Å². The third-order valence-corrected chi connectivity index (χ3v) is 4.94. The van der Waals surface area contributed by atoms with Crippen LogP contribution in [-0.2, 0) is 0 Å². The van der Waals surface area contributed by atoms with Gasteiger partial charge in [-0.25, -0.2) is 0 Å². The fraction of sp³-hybridized carbons (Fsp3) is 0.333. The maximum absolute atomic E-state index is 9.88. The molecule has 0 bridgehead atoms. The number of phenolic OH excluding ortho intramolecular Hbond substituents is 1. The molecular formula is C15H17NOS. The molecule has 1 aliphatic heterocycles. The van der Waals surface area contributed by atoms with Crippen molar-refractivity contribution in [2.45, 2.75) is 24.6 Å². The highest BCUT2D eigenvalue weighted by Gasteiger charge is 2.24. The SMILES string of the molecule is CC1SCCC1Nc1cccc2c(O)cccc12. The molecule has 0 aromatic heterocycles. The van der Waals surface area contributed by atoms with Gasteiger partial charge in [-0.2, -0.15) is 11.8 Å². The van der Waals surface area contributed by atoms with Gasteiger partial charge in [0.1, 0.15) is 5.75 Å². The van der Waals surface area contributed by atoms with Crippen LogP contribution in [0.3, 0.4) is 0 Å². The van der Waals surface area contributed by atoms with Crippen molar-refractivity contribution in [2.24, 2.45) is 0 Å². The summed E-state index contributed by atoms with van der Waals surface area (Å²) in [6.45, 7) is 2.28. The molecule has 18 heavy (non-hydrogen) atoms. The van der Waals surface area contributed by atoms with Crippen molar-refractivity contribution in [3.63, 3.8) is 0 Å². The summed E-state index contributed by atoms with van der Waals surface area (Å²) in [5.41, 5.74) is 1.13. The molecule has 0 radical (unpaired) electrons. The minimum absolute atomic E-state index is 0.352. The number of hydrogen-bond acceptors (Lipinski definition) is 3. The molecule has 2 atom stereocenters. The van der Waals surface area contributed by atoms with Gasteiger partial charge in [0.25, 0.3) is 0 Å². The van der Waals surface area contributed by atoms with E-state index in [1.165, 1.54) is 12.2 Å². The van der Waals surface area contributed by atoms with E-state index in [0.717, 1.165) is 16.5 Å². The first kappa shape index (κ1) is 11.7. The van der Waals surface area contributed by atoms with Gasteiger partial charge in [-0.1, -0.05) is 31.2 Å². The first-order valence-electron chi connectivity index (χ1n) is 6.34. The van der Waals surface area contributed by atoms with Crippen LogP contribution >= 0.6 is 11.8 Å². The largest absolute Gasteiger partial charge is 0.507 e. The Morgan fingerprint density at radius 2 is 1.94 bits per heavy atom. The normalized spacial score (nSPS) is 23.4. The maximum atomic E-state index is 9.88. The molecule has 1 aliphatic rings. The van der Waals surface area contributed by atoms with Crippen molar-refractivity contribution in [1.29, 1.82) is 0 Å². The van der Waals surface area contributed by atoms with Crippen LogP contribution in [0.2, 0.25) is 0 Å². The van der Waals surface area contributed by atoms with E-state index < -0.39 is 0 Å². The lowest BCUT2D eigenvalue weighted by atomic mass is 10.1. The third-order valence-electron chi connectivity index (χ3n) is 3.62. The number of aromatic hydroxyl groups is 1. The average Bonchev–Trinajstić information content (AvgIpc) is 2.77. The second kappa shape index (κ2) is 4.73. The number of anilines is 1. The minimum atomic E-state index is 0.352. The highest BCUT2D eigenvalue weighted by Crippen LogP contribution is 2.33. The van der Waals surface area contributed by atoms with E-state index in [1.54, 1.807) is 6.07 Å². The Labute approximate surface area is 111 Å².